The van der Waals surface area contributed by atoms with Gasteiger partial charge in [-0.2, -0.15) is 0 Å². The summed E-state index contributed by atoms with van der Waals surface area (Å²) in [4.78, 5) is 43.9. The molecule has 2 aromatic heterocycles. The Labute approximate surface area is 281 Å². The Morgan fingerprint density at radius 3 is 2.45 bits per heavy atom. The lowest BCUT2D eigenvalue weighted by molar-refractivity contribution is -0.126. The van der Waals surface area contributed by atoms with Crippen LogP contribution in [0.3, 0.4) is 0 Å². The van der Waals surface area contributed by atoms with Crippen LogP contribution in [0.15, 0.2) is 30.6 Å². The van der Waals surface area contributed by atoms with Crippen molar-refractivity contribution in [3.05, 3.63) is 41.3 Å². The maximum atomic E-state index is 14.8. The van der Waals surface area contributed by atoms with E-state index in [-0.39, 0.29) is 18.0 Å². The second kappa shape index (κ2) is 10.4. The Hall–Kier alpha value is -3.17. The van der Waals surface area contributed by atoms with Gasteiger partial charge in [0.25, 0.3) is 0 Å². The van der Waals surface area contributed by atoms with Crippen LogP contribution in [0.4, 0.5) is 10.5 Å². The van der Waals surface area contributed by atoms with Crippen molar-refractivity contribution in [1.82, 2.24) is 24.3 Å². The molecule has 0 unspecified atom stereocenters. The molecule has 248 valence electrons. The van der Waals surface area contributed by atoms with Gasteiger partial charge in [-0.3, -0.25) is 9.69 Å². The molecular formula is C37H45ClN6O3. The van der Waals surface area contributed by atoms with Crippen LogP contribution in [0.2, 0.25) is 5.15 Å². The van der Waals surface area contributed by atoms with Crippen LogP contribution in [0.5, 0.6) is 0 Å². The van der Waals surface area contributed by atoms with Crippen molar-refractivity contribution < 1.29 is 14.3 Å². The van der Waals surface area contributed by atoms with Gasteiger partial charge in [0.2, 0.25) is 5.91 Å². The molecule has 0 radical (unpaired) electrons. The Kier molecular flexibility index (Phi) is 6.63. The fourth-order valence-electron chi connectivity index (χ4n) is 9.00. The van der Waals surface area contributed by atoms with Crippen molar-refractivity contribution in [2.24, 2.45) is 5.41 Å². The van der Waals surface area contributed by atoms with E-state index < -0.39 is 11.0 Å². The standard InChI is InChI=1S/C37H45ClN6O3/c1-35(2,3)47-34(46)41-15-12-37(13-16-41)27-8-5-23(28-20-29-31(32(38)40-28)43(22-39-29)24-6-7-24)17-30(27)44(33(37)45)26-18-25(19-26)42-14-4-9-36(21-42)10-11-36/h5,8,17,20,22,24-26H,4,6-7,9-16,18-19,21H2,1-3H3/t25-,26+. The van der Waals surface area contributed by atoms with Gasteiger partial charge in [-0.05, 0) is 115 Å². The van der Waals surface area contributed by atoms with Crippen LogP contribution < -0.4 is 4.90 Å². The molecule has 0 N–H and O–H groups in total. The van der Waals surface area contributed by atoms with E-state index >= 15 is 0 Å². The lowest BCUT2D eigenvalue weighted by Crippen LogP contribution is -2.59. The Bertz CT molecular complexity index is 1770. The monoisotopic (exact) mass is 656 g/mol. The van der Waals surface area contributed by atoms with Gasteiger partial charge in [-0.25, -0.2) is 14.8 Å². The van der Waals surface area contributed by atoms with E-state index in [1.807, 2.05) is 33.2 Å². The van der Waals surface area contributed by atoms with Gasteiger partial charge in [0.1, 0.15) is 11.1 Å². The second-order valence-electron chi connectivity index (χ2n) is 16.4. The number of amides is 2. The largest absolute Gasteiger partial charge is 0.444 e. The Morgan fingerprint density at radius 1 is 0.979 bits per heavy atom. The smallest absolute Gasteiger partial charge is 0.410 e. The number of halogens is 1. The first-order valence-electron chi connectivity index (χ1n) is 17.8. The molecule has 9 nitrogen and oxygen atoms in total. The topological polar surface area (TPSA) is 83.8 Å². The van der Waals surface area contributed by atoms with Gasteiger partial charge in [-0.1, -0.05) is 23.7 Å². The molecule has 3 aliphatic heterocycles. The van der Waals surface area contributed by atoms with Crippen LogP contribution in [0.25, 0.3) is 22.3 Å². The van der Waals surface area contributed by atoms with Crippen molar-refractivity contribution in [2.75, 3.05) is 31.1 Å². The zero-order valence-electron chi connectivity index (χ0n) is 27.8. The second-order valence-corrected chi connectivity index (χ2v) is 16.7. The number of ether oxygens (including phenoxy) is 1. The number of imidazole rings is 1. The maximum Gasteiger partial charge on any atom is 0.410 e. The molecule has 0 bridgehead atoms. The highest BCUT2D eigenvalue weighted by molar-refractivity contribution is 6.34. The molecule has 3 aromatic rings. The first-order valence-corrected chi connectivity index (χ1v) is 18.1. The summed E-state index contributed by atoms with van der Waals surface area (Å²) in [5, 5.41) is 0.470. The minimum Gasteiger partial charge on any atom is -0.444 e. The van der Waals surface area contributed by atoms with Gasteiger partial charge in [0, 0.05) is 49.0 Å². The number of aromatic nitrogens is 3. The van der Waals surface area contributed by atoms with Gasteiger partial charge < -0.3 is 19.1 Å². The number of benzene rings is 1. The average Bonchev–Trinajstić information content (AvgIpc) is 3.94. The minimum atomic E-state index is -0.640. The molecule has 9 rings (SSSR count). The number of anilines is 1. The number of carbonyl (C=O) groups is 2. The van der Waals surface area contributed by atoms with Gasteiger partial charge >= 0.3 is 6.09 Å². The highest BCUT2D eigenvalue weighted by Gasteiger charge is 2.57. The number of piperidine rings is 2. The Morgan fingerprint density at radius 2 is 1.74 bits per heavy atom. The number of hydrogen-bond acceptors (Lipinski definition) is 6. The quantitative estimate of drug-likeness (QED) is 0.279. The molecule has 2 saturated heterocycles. The fourth-order valence-corrected chi connectivity index (χ4v) is 9.28. The zero-order chi connectivity index (χ0) is 32.3. The van der Waals surface area contributed by atoms with Crippen LogP contribution in [0.1, 0.15) is 96.6 Å². The van der Waals surface area contributed by atoms with Crippen molar-refractivity contribution in [1.29, 1.82) is 0 Å². The number of carbonyl (C=O) groups excluding carboxylic acids is 2. The summed E-state index contributed by atoms with van der Waals surface area (Å²) >= 11 is 6.81. The summed E-state index contributed by atoms with van der Waals surface area (Å²) in [5.41, 5.74) is 4.94. The lowest BCUT2D eigenvalue weighted by atomic mass is 9.73. The molecule has 2 spiro atoms. The molecule has 1 aromatic carbocycles. The third-order valence-electron chi connectivity index (χ3n) is 12.0. The molecule has 3 saturated carbocycles. The van der Waals surface area contributed by atoms with Gasteiger partial charge in [0.15, 0.2) is 5.15 Å². The molecule has 5 fully saturated rings. The third-order valence-corrected chi connectivity index (χ3v) is 12.3. The summed E-state index contributed by atoms with van der Waals surface area (Å²) in [6.07, 6.45) is 12.5. The van der Waals surface area contributed by atoms with Crippen molar-refractivity contribution >= 4 is 40.3 Å². The number of rotatable bonds is 4. The van der Waals surface area contributed by atoms with Crippen LogP contribution in [0, 0.1) is 5.41 Å². The predicted molar refractivity (Wildman–Crippen MR) is 182 cm³/mol. The first kappa shape index (κ1) is 29.9. The zero-order valence-corrected chi connectivity index (χ0v) is 28.6. The van der Waals surface area contributed by atoms with E-state index in [0.717, 1.165) is 59.2 Å². The van der Waals surface area contributed by atoms with Gasteiger partial charge in [-0.15, -0.1) is 0 Å². The summed E-state index contributed by atoms with van der Waals surface area (Å²) in [6, 6.07) is 9.62. The molecule has 2 amide bonds. The summed E-state index contributed by atoms with van der Waals surface area (Å²) in [7, 11) is 0. The number of fused-ring (bicyclic) bond motifs is 3. The minimum absolute atomic E-state index is 0.176. The molecular weight excluding hydrogens is 612 g/mol. The van der Waals surface area contributed by atoms with Crippen LogP contribution in [-0.2, 0) is 14.9 Å². The van der Waals surface area contributed by atoms with E-state index in [9.17, 15) is 9.59 Å². The van der Waals surface area contributed by atoms with Crippen molar-refractivity contribution in [3.8, 4) is 11.3 Å². The van der Waals surface area contributed by atoms with Gasteiger partial charge in [0.05, 0.1) is 23.0 Å². The number of hydrogen-bond donors (Lipinski definition) is 0. The summed E-state index contributed by atoms with van der Waals surface area (Å²) < 4.78 is 7.84. The van der Waals surface area contributed by atoms with E-state index in [2.05, 4.69) is 37.5 Å². The molecule has 5 heterocycles. The molecule has 0 atom stereocenters. The first-order chi connectivity index (χ1) is 22.5. The van der Waals surface area contributed by atoms with Crippen molar-refractivity contribution in [3.63, 3.8) is 0 Å². The van der Waals surface area contributed by atoms with E-state index in [1.54, 1.807) is 4.90 Å². The molecule has 3 aliphatic carbocycles. The fraction of sp³-hybridized carbons (Fsp3) is 0.622. The van der Waals surface area contributed by atoms with E-state index in [4.69, 9.17) is 21.3 Å². The highest BCUT2D eigenvalue weighted by Crippen LogP contribution is 2.55. The van der Waals surface area contributed by atoms with Crippen LogP contribution in [-0.4, -0.2) is 80.2 Å². The van der Waals surface area contributed by atoms with E-state index in [1.165, 1.54) is 38.8 Å². The molecule has 10 heteroatoms. The number of nitrogens with zero attached hydrogens (tertiary/aromatic N) is 6. The summed E-state index contributed by atoms with van der Waals surface area (Å²) in [6.45, 7) is 9.08. The normalized spacial score (nSPS) is 26.6. The predicted octanol–water partition coefficient (Wildman–Crippen LogP) is 7.11. The SMILES string of the molecule is CC(C)(C)OC(=O)N1CCC2(CC1)C(=O)N([C@H]1C[C@@H](N3CCCC4(CC4)C3)C1)c1cc(-c3cc4ncn(C5CC5)c4c(Cl)n3)ccc12. The van der Waals surface area contributed by atoms with Crippen LogP contribution >= 0.6 is 11.6 Å². The highest BCUT2D eigenvalue weighted by atomic mass is 35.5. The van der Waals surface area contributed by atoms with Crippen molar-refractivity contribution in [2.45, 2.75) is 114 Å². The summed E-state index contributed by atoms with van der Waals surface area (Å²) in [5.74, 6) is 0.193. The molecule has 47 heavy (non-hydrogen) atoms. The maximum absolute atomic E-state index is 14.8. The molecule has 6 aliphatic rings. The lowest BCUT2D eigenvalue weighted by Gasteiger charge is -2.49. The number of likely N-dealkylation sites (tertiary alicyclic amines) is 2. The van der Waals surface area contributed by atoms with E-state index in [0.29, 0.717) is 48.6 Å². The Balaban J connectivity index is 1.03. The number of pyridine rings is 1. The average molecular weight is 657 g/mol. The third kappa shape index (κ3) is 4.97.